The average molecular weight is 437 g/mol. The third-order valence-corrected chi connectivity index (χ3v) is 6.60. The Balaban J connectivity index is 1.50. The summed E-state index contributed by atoms with van der Waals surface area (Å²) in [6, 6.07) is 27.7. The highest BCUT2D eigenvalue weighted by molar-refractivity contribution is 6.08. The summed E-state index contributed by atoms with van der Waals surface area (Å²) in [6.45, 7) is 0.145. The number of rotatable bonds is 4. The summed E-state index contributed by atoms with van der Waals surface area (Å²) < 4.78 is 11.0. The van der Waals surface area contributed by atoms with E-state index in [2.05, 4.69) is 24.3 Å². The molecule has 5 heteroatoms. The number of carbonyl (C=O) groups excluding carboxylic acids is 1. The Morgan fingerprint density at radius 1 is 0.848 bits per heavy atom. The van der Waals surface area contributed by atoms with Crippen LogP contribution in [0.5, 0.6) is 0 Å². The topological polar surface area (TPSA) is 59.0 Å². The van der Waals surface area contributed by atoms with Gasteiger partial charge in [-0.25, -0.2) is 0 Å². The Morgan fingerprint density at radius 3 is 2.18 bits per heavy atom. The minimum atomic E-state index is -0.806. The van der Waals surface area contributed by atoms with E-state index in [1.165, 1.54) is 0 Å². The molecule has 164 valence electrons. The molecule has 3 aromatic carbocycles. The zero-order chi connectivity index (χ0) is 22.4. The van der Waals surface area contributed by atoms with Crippen LogP contribution in [0.1, 0.15) is 35.1 Å². The predicted molar refractivity (Wildman–Crippen MR) is 124 cm³/mol. The average Bonchev–Trinajstić information content (AvgIpc) is 3.42. The lowest BCUT2D eigenvalue weighted by molar-refractivity contribution is -0.119. The smallest absolute Gasteiger partial charge is 0.239 e. The van der Waals surface area contributed by atoms with Crippen molar-refractivity contribution in [3.63, 3.8) is 0 Å². The fourth-order valence-electron chi connectivity index (χ4n) is 5.11. The fraction of sp³-hybridized carbons (Fsp3) is 0.179. The minimum absolute atomic E-state index is 0.0535. The van der Waals surface area contributed by atoms with Gasteiger partial charge in [0.15, 0.2) is 5.76 Å². The zero-order valence-corrected chi connectivity index (χ0v) is 17.9. The predicted octanol–water partition coefficient (Wildman–Crippen LogP) is 4.81. The molecular formula is C28H23NO4. The molecule has 33 heavy (non-hydrogen) atoms. The van der Waals surface area contributed by atoms with Gasteiger partial charge in [-0.05, 0) is 34.4 Å². The standard InChI is InChI=1S/C28H23NO4/c30-23-16-25-24(32-17-33-25)15-21(23)26-20-13-7-8-14-22(20)29(28(26)31)27(18-9-3-1-4-10-18)19-11-5-2-6-12-19/h1-15,23,26-27,30H,16-17H2. The van der Waals surface area contributed by atoms with Gasteiger partial charge in [-0.1, -0.05) is 78.9 Å². The van der Waals surface area contributed by atoms with Crippen LogP contribution in [-0.2, 0) is 14.3 Å². The van der Waals surface area contributed by atoms with Crippen molar-refractivity contribution < 1.29 is 19.4 Å². The quantitative estimate of drug-likeness (QED) is 0.636. The molecule has 3 aliphatic rings. The summed E-state index contributed by atoms with van der Waals surface area (Å²) in [5.41, 5.74) is 4.47. The van der Waals surface area contributed by atoms with E-state index in [9.17, 15) is 9.90 Å². The Morgan fingerprint density at radius 2 is 1.48 bits per heavy atom. The van der Waals surface area contributed by atoms with Gasteiger partial charge in [-0.15, -0.1) is 0 Å². The molecule has 0 saturated heterocycles. The second-order valence-electron chi connectivity index (χ2n) is 8.48. The van der Waals surface area contributed by atoms with Crippen molar-refractivity contribution in [1.82, 2.24) is 0 Å². The maximum Gasteiger partial charge on any atom is 0.239 e. The molecule has 0 aromatic heterocycles. The Hall–Kier alpha value is -3.83. The summed E-state index contributed by atoms with van der Waals surface area (Å²) in [6.07, 6.45) is 1.30. The van der Waals surface area contributed by atoms with Crippen molar-refractivity contribution in [2.45, 2.75) is 24.5 Å². The molecule has 2 unspecified atom stereocenters. The minimum Gasteiger partial charge on any atom is -0.458 e. The van der Waals surface area contributed by atoms with Crippen LogP contribution in [0.3, 0.4) is 0 Å². The number of carbonyl (C=O) groups is 1. The van der Waals surface area contributed by atoms with E-state index in [4.69, 9.17) is 9.47 Å². The van der Waals surface area contributed by atoms with E-state index in [1.54, 1.807) is 6.08 Å². The Kier molecular flexibility index (Phi) is 4.77. The molecule has 0 spiro atoms. The number of benzene rings is 3. The number of hydrogen-bond donors (Lipinski definition) is 1. The molecule has 0 saturated carbocycles. The second kappa shape index (κ2) is 7.94. The first-order valence-electron chi connectivity index (χ1n) is 11.1. The summed E-state index contributed by atoms with van der Waals surface area (Å²) >= 11 is 0. The highest BCUT2D eigenvalue weighted by atomic mass is 16.7. The van der Waals surface area contributed by atoms with Crippen LogP contribution >= 0.6 is 0 Å². The number of para-hydroxylation sites is 1. The number of hydrogen-bond acceptors (Lipinski definition) is 4. The number of nitrogens with zero attached hydrogens (tertiary/aromatic N) is 1. The molecule has 1 aliphatic carbocycles. The number of aliphatic hydroxyl groups excluding tert-OH is 1. The van der Waals surface area contributed by atoms with Crippen molar-refractivity contribution in [1.29, 1.82) is 0 Å². The van der Waals surface area contributed by atoms with Gasteiger partial charge in [0.2, 0.25) is 12.7 Å². The highest BCUT2D eigenvalue weighted by Gasteiger charge is 2.46. The van der Waals surface area contributed by atoms with Gasteiger partial charge in [0.25, 0.3) is 0 Å². The van der Waals surface area contributed by atoms with Gasteiger partial charge in [0.05, 0.1) is 18.1 Å². The van der Waals surface area contributed by atoms with Crippen LogP contribution in [0.4, 0.5) is 5.69 Å². The number of anilines is 1. The molecule has 2 aliphatic heterocycles. The maximum absolute atomic E-state index is 14.2. The lowest BCUT2D eigenvalue weighted by Gasteiger charge is -2.31. The normalized spacial score (nSPS) is 21.5. The first-order valence-corrected chi connectivity index (χ1v) is 11.1. The van der Waals surface area contributed by atoms with Gasteiger partial charge in [0, 0.05) is 12.1 Å². The van der Waals surface area contributed by atoms with E-state index in [1.807, 2.05) is 65.6 Å². The van der Waals surface area contributed by atoms with Gasteiger partial charge in [-0.3, -0.25) is 9.69 Å². The van der Waals surface area contributed by atoms with Gasteiger partial charge >= 0.3 is 0 Å². The van der Waals surface area contributed by atoms with Crippen molar-refractivity contribution in [2.24, 2.45) is 0 Å². The molecule has 2 heterocycles. The monoisotopic (exact) mass is 437 g/mol. The molecule has 0 radical (unpaired) electrons. The van der Waals surface area contributed by atoms with Gasteiger partial charge < -0.3 is 14.6 Å². The van der Waals surface area contributed by atoms with E-state index < -0.39 is 12.0 Å². The zero-order valence-electron chi connectivity index (χ0n) is 17.9. The van der Waals surface area contributed by atoms with E-state index in [0.29, 0.717) is 23.5 Å². The third kappa shape index (κ3) is 3.24. The number of amides is 1. The second-order valence-corrected chi connectivity index (χ2v) is 8.48. The van der Waals surface area contributed by atoms with Gasteiger partial charge in [0.1, 0.15) is 5.76 Å². The molecule has 1 N–H and O–H groups in total. The van der Waals surface area contributed by atoms with E-state index >= 15 is 0 Å². The number of aliphatic hydroxyl groups is 1. The van der Waals surface area contributed by atoms with Crippen molar-refractivity contribution >= 4 is 11.6 Å². The van der Waals surface area contributed by atoms with E-state index in [0.717, 1.165) is 22.4 Å². The molecular weight excluding hydrogens is 414 g/mol. The van der Waals surface area contributed by atoms with Crippen molar-refractivity contribution in [3.05, 3.63) is 125 Å². The molecule has 0 bridgehead atoms. The number of allylic oxidation sites excluding steroid dienone is 1. The van der Waals surface area contributed by atoms with E-state index in [-0.39, 0.29) is 18.7 Å². The summed E-state index contributed by atoms with van der Waals surface area (Å²) in [5, 5.41) is 11.0. The summed E-state index contributed by atoms with van der Waals surface area (Å²) in [7, 11) is 0. The first-order chi connectivity index (χ1) is 16.2. The van der Waals surface area contributed by atoms with Crippen molar-refractivity contribution in [2.75, 3.05) is 11.7 Å². The van der Waals surface area contributed by atoms with Crippen LogP contribution in [0.2, 0.25) is 0 Å². The summed E-state index contributed by atoms with van der Waals surface area (Å²) in [5.74, 6) is 0.626. The SMILES string of the molecule is O=C1C(C2=CC3=C(CC2O)OCO3)c2ccccc2N1C(c1ccccc1)c1ccccc1. The van der Waals surface area contributed by atoms with Crippen LogP contribution < -0.4 is 4.90 Å². The van der Waals surface area contributed by atoms with Crippen LogP contribution in [-0.4, -0.2) is 23.9 Å². The lowest BCUT2D eigenvalue weighted by atomic mass is 9.84. The third-order valence-electron chi connectivity index (χ3n) is 6.60. The molecule has 1 amide bonds. The van der Waals surface area contributed by atoms with Crippen LogP contribution in [0, 0.1) is 0 Å². The molecule has 0 fully saturated rings. The Labute approximate surface area is 192 Å². The number of fused-ring (bicyclic) bond motifs is 1. The summed E-state index contributed by atoms with van der Waals surface area (Å²) in [4.78, 5) is 16.1. The fourth-order valence-corrected chi connectivity index (χ4v) is 5.11. The Bertz CT molecular complexity index is 1230. The lowest BCUT2D eigenvalue weighted by Crippen LogP contribution is -2.35. The maximum atomic E-state index is 14.2. The highest BCUT2D eigenvalue weighted by Crippen LogP contribution is 2.49. The molecule has 3 aromatic rings. The van der Waals surface area contributed by atoms with Crippen LogP contribution in [0.15, 0.2) is 108 Å². The van der Waals surface area contributed by atoms with Gasteiger partial charge in [-0.2, -0.15) is 0 Å². The molecule has 6 rings (SSSR count). The largest absolute Gasteiger partial charge is 0.458 e. The first kappa shape index (κ1) is 19.8. The van der Waals surface area contributed by atoms with Crippen molar-refractivity contribution in [3.8, 4) is 0 Å². The molecule has 5 nitrogen and oxygen atoms in total. The van der Waals surface area contributed by atoms with Crippen LogP contribution in [0.25, 0.3) is 0 Å². The molecule has 2 atom stereocenters. The number of ether oxygens (including phenoxy) is 2.